The van der Waals surface area contributed by atoms with Crippen molar-refractivity contribution in [2.45, 2.75) is 39.1 Å². The van der Waals surface area contributed by atoms with E-state index in [0.29, 0.717) is 0 Å². The molecule has 0 aromatic rings. The van der Waals surface area contributed by atoms with Crippen molar-refractivity contribution in [2.24, 2.45) is 0 Å². The van der Waals surface area contributed by atoms with Crippen molar-refractivity contribution >= 4 is 17.9 Å². The van der Waals surface area contributed by atoms with Crippen molar-refractivity contribution in [3.63, 3.8) is 0 Å². The molecule has 24 heavy (non-hydrogen) atoms. The van der Waals surface area contributed by atoms with Gasteiger partial charge in [-0.1, -0.05) is 0 Å². The highest BCUT2D eigenvalue weighted by Crippen LogP contribution is 2.23. The molecule has 1 aliphatic heterocycles. The average Bonchev–Trinajstić information content (AvgIpc) is 2.71. The molecular weight excluding hydrogens is 338 g/mol. The number of nitro groups is 1. The summed E-state index contributed by atoms with van der Waals surface area (Å²) in [6, 6.07) is 0. The van der Waals surface area contributed by atoms with Crippen LogP contribution in [0.25, 0.3) is 0 Å². The van der Waals surface area contributed by atoms with E-state index >= 15 is 0 Å². The molecular formula is C11H19NO12. The number of carbonyl (C=O) groups is 3. The number of nitrogens with zero attached hydrogens (tertiary/aromatic N) is 1. The van der Waals surface area contributed by atoms with Crippen molar-refractivity contribution < 1.29 is 54.7 Å². The Labute approximate surface area is 135 Å². The van der Waals surface area contributed by atoms with Gasteiger partial charge in [-0.05, 0) is 6.08 Å². The molecule has 0 saturated heterocycles. The molecule has 0 aromatic carbocycles. The van der Waals surface area contributed by atoms with Crippen molar-refractivity contribution in [1.29, 1.82) is 0 Å². The number of aliphatic hydroxyl groups excluding tert-OH is 1. The number of aliphatic hydroxyl groups is 3. The molecule has 2 unspecified atom stereocenters. The molecule has 140 valence electrons. The maximum absolute atomic E-state index is 10.1. The van der Waals surface area contributed by atoms with Crippen LogP contribution in [0, 0.1) is 10.1 Å². The smallest absolute Gasteiger partial charge is 0.338 e. The molecule has 0 aromatic heterocycles. The van der Waals surface area contributed by atoms with Crippen LogP contribution in [0.2, 0.25) is 0 Å². The maximum atomic E-state index is 10.1. The normalized spacial score (nSPS) is 20.4. The van der Waals surface area contributed by atoms with Gasteiger partial charge in [-0.25, -0.2) is 0 Å². The van der Waals surface area contributed by atoms with Crippen molar-refractivity contribution in [1.82, 2.24) is 0 Å². The van der Waals surface area contributed by atoms with Crippen LogP contribution in [-0.2, 0) is 19.1 Å². The molecule has 1 rings (SSSR count). The first-order valence-corrected chi connectivity index (χ1v) is 5.83. The highest BCUT2D eigenvalue weighted by molar-refractivity contribution is 5.63. The summed E-state index contributed by atoms with van der Waals surface area (Å²) in [4.78, 5) is 36.3. The van der Waals surface area contributed by atoms with E-state index in [2.05, 4.69) is 4.74 Å². The zero-order chi connectivity index (χ0) is 20.1. The second-order valence-corrected chi connectivity index (χ2v) is 3.84. The Morgan fingerprint density at radius 1 is 1.08 bits per heavy atom. The Hall–Kier alpha value is -2.61. The van der Waals surface area contributed by atoms with Crippen molar-refractivity contribution in [3.8, 4) is 0 Å². The minimum Gasteiger partial charge on any atom is -0.481 e. The molecule has 0 fully saturated rings. The van der Waals surface area contributed by atoms with E-state index in [0.717, 1.165) is 32.9 Å². The molecule has 0 saturated carbocycles. The zero-order valence-electron chi connectivity index (χ0n) is 12.9. The fourth-order valence-electron chi connectivity index (χ4n) is 0.752. The first-order valence-electron chi connectivity index (χ1n) is 5.83. The molecule has 6 N–H and O–H groups in total. The Morgan fingerprint density at radius 3 is 1.50 bits per heavy atom. The highest BCUT2D eigenvalue weighted by atomic mass is 16.7. The molecule has 0 spiro atoms. The molecule has 13 nitrogen and oxygen atoms in total. The van der Waals surface area contributed by atoms with Gasteiger partial charge in [-0.2, -0.15) is 0 Å². The van der Waals surface area contributed by atoms with Gasteiger partial charge in [0.25, 0.3) is 17.9 Å². The van der Waals surface area contributed by atoms with Gasteiger partial charge in [0.2, 0.25) is 12.1 Å². The van der Waals surface area contributed by atoms with Crippen LogP contribution in [0.5, 0.6) is 0 Å². The minimum absolute atomic E-state index is 0.809. The first kappa shape index (κ1) is 26.3. The first-order chi connectivity index (χ1) is 10.7. The Morgan fingerprint density at radius 2 is 1.38 bits per heavy atom. The molecule has 1 aliphatic rings. The molecule has 0 aliphatic carbocycles. The van der Waals surface area contributed by atoms with Gasteiger partial charge < -0.3 is 30.6 Å². The van der Waals surface area contributed by atoms with E-state index in [1.54, 1.807) is 0 Å². The Bertz CT molecular complexity index is 419. The van der Waals surface area contributed by atoms with Crippen molar-refractivity contribution in [2.75, 3.05) is 0 Å². The topological polar surface area (TPSA) is 225 Å². The number of hydrogen-bond acceptors (Lipinski definition) is 9. The van der Waals surface area contributed by atoms with Crippen molar-refractivity contribution in [3.05, 3.63) is 22.3 Å². The summed E-state index contributed by atoms with van der Waals surface area (Å²) in [6.07, 6.45) is -1.97. The number of rotatable bonds is 2. The van der Waals surface area contributed by atoms with E-state index in [1.807, 2.05) is 0 Å². The number of hydrogen-bond donors (Lipinski definition) is 6. The second kappa shape index (κ2) is 12.9. The average molecular weight is 357 g/mol. The fourth-order valence-corrected chi connectivity index (χ4v) is 0.752. The fraction of sp³-hybridized carbons (Fsp3) is 0.545. The number of ether oxygens (including phenoxy) is 1. The molecule has 1 heterocycles. The molecule has 13 heteroatoms. The summed E-state index contributed by atoms with van der Waals surface area (Å²) in [5, 5.41) is 58.4. The summed E-state index contributed by atoms with van der Waals surface area (Å²) in [6.45, 7) is 3.25. The van der Waals surface area contributed by atoms with Crippen LogP contribution < -0.4 is 0 Å². The third-order valence-corrected chi connectivity index (χ3v) is 1.39. The second-order valence-electron chi connectivity index (χ2n) is 3.84. The van der Waals surface area contributed by atoms with E-state index in [-0.39, 0.29) is 0 Å². The van der Waals surface area contributed by atoms with Gasteiger partial charge in [0.15, 0.2) is 0 Å². The van der Waals surface area contributed by atoms with E-state index in [1.165, 1.54) is 0 Å². The van der Waals surface area contributed by atoms with Gasteiger partial charge >= 0.3 is 6.23 Å². The SMILES string of the molecule is CC(=O)O.CC(=O)O.CC(=O)O.O=[N+]([O-])C1C=CC(O)(C(O)O)O1. The van der Waals surface area contributed by atoms with E-state index < -0.39 is 41.1 Å². The molecule has 0 amide bonds. The molecule has 0 radical (unpaired) electrons. The standard InChI is InChI=1S/C5H7NO6.3C2H4O2/c7-4(8)5(9)2-1-3(12-5)6(10)11;3*1-2(3)4/h1-4,7-9H;3*1H3,(H,3,4). The highest BCUT2D eigenvalue weighted by Gasteiger charge is 2.44. The lowest BCUT2D eigenvalue weighted by atomic mass is 10.3. The lowest BCUT2D eigenvalue weighted by Crippen LogP contribution is -2.43. The summed E-state index contributed by atoms with van der Waals surface area (Å²) < 4.78 is 4.32. The third-order valence-electron chi connectivity index (χ3n) is 1.39. The van der Waals surface area contributed by atoms with Crippen LogP contribution in [0.1, 0.15) is 20.8 Å². The minimum atomic E-state index is -2.36. The number of carboxylic acid groups (broad SMARTS) is 3. The van der Waals surface area contributed by atoms with Gasteiger partial charge in [0, 0.05) is 26.8 Å². The Balaban J connectivity index is -0.000000304. The quantitative estimate of drug-likeness (QED) is 0.143. The summed E-state index contributed by atoms with van der Waals surface area (Å²) >= 11 is 0. The predicted molar refractivity (Wildman–Crippen MR) is 74.1 cm³/mol. The summed E-state index contributed by atoms with van der Waals surface area (Å²) in [5.41, 5.74) is 0. The lowest BCUT2D eigenvalue weighted by molar-refractivity contribution is -0.575. The third kappa shape index (κ3) is 19.4. The van der Waals surface area contributed by atoms with Crippen LogP contribution in [0.15, 0.2) is 12.2 Å². The zero-order valence-corrected chi connectivity index (χ0v) is 12.9. The van der Waals surface area contributed by atoms with Gasteiger partial charge in [-0.3, -0.25) is 29.2 Å². The number of carboxylic acids is 3. The van der Waals surface area contributed by atoms with E-state index in [9.17, 15) is 10.1 Å². The molecule has 0 bridgehead atoms. The van der Waals surface area contributed by atoms with E-state index in [4.69, 9.17) is 45.0 Å². The monoisotopic (exact) mass is 357 g/mol. The van der Waals surface area contributed by atoms with Gasteiger partial charge in [0.05, 0.1) is 4.92 Å². The Kier molecular flexibility index (Phi) is 14.1. The van der Waals surface area contributed by atoms with Crippen LogP contribution >= 0.6 is 0 Å². The summed E-state index contributed by atoms with van der Waals surface area (Å²) in [7, 11) is 0. The molecule has 2 atom stereocenters. The predicted octanol–water partition coefficient (Wildman–Crippen LogP) is -1.55. The van der Waals surface area contributed by atoms with Gasteiger partial charge in [-0.15, -0.1) is 0 Å². The largest absolute Gasteiger partial charge is 0.481 e. The van der Waals surface area contributed by atoms with Gasteiger partial charge in [0.1, 0.15) is 0 Å². The number of aliphatic carboxylic acids is 3. The van der Waals surface area contributed by atoms with Crippen LogP contribution in [0.4, 0.5) is 0 Å². The van der Waals surface area contributed by atoms with Crippen LogP contribution in [-0.4, -0.2) is 71.8 Å². The summed E-state index contributed by atoms with van der Waals surface area (Å²) in [5.74, 6) is -4.86. The lowest BCUT2D eigenvalue weighted by Gasteiger charge is -2.21. The maximum Gasteiger partial charge on any atom is 0.338 e. The van der Waals surface area contributed by atoms with Crippen LogP contribution in [0.3, 0.4) is 0 Å².